The molecule has 3 aromatic rings. The van der Waals surface area contributed by atoms with Crippen molar-refractivity contribution in [3.63, 3.8) is 0 Å². The molecule has 1 aliphatic carbocycles. The second kappa shape index (κ2) is 7.08. The highest BCUT2D eigenvalue weighted by Crippen LogP contribution is 2.58. The Hall–Kier alpha value is -2.95. The molecule has 0 saturated carbocycles. The lowest BCUT2D eigenvalue weighted by Gasteiger charge is -2.38. The summed E-state index contributed by atoms with van der Waals surface area (Å²) in [5.74, 6) is -0.641. The molecule has 151 valence electrons. The van der Waals surface area contributed by atoms with Crippen LogP contribution in [0.2, 0.25) is 0 Å². The van der Waals surface area contributed by atoms with Gasteiger partial charge in [-0.3, -0.25) is 0 Å². The average Bonchev–Trinajstić information content (AvgIpc) is 3.22. The molecule has 0 spiro atoms. The van der Waals surface area contributed by atoms with E-state index in [0.29, 0.717) is 5.56 Å². The summed E-state index contributed by atoms with van der Waals surface area (Å²) in [5, 5.41) is 11.0. The molecule has 2 aliphatic rings. The number of carbonyl (C=O) groups excluding carboxylic acids is 1. The van der Waals surface area contributed by atoms with E-state index < -0.39 is 29.9 Å². The molecular weight excluding hydrogens is 376 g/mol. The van der Waals surface area contributed by atoms with Crippen LogP contribution < -0.4 is 0 Å². The Morgan fingerprint density at radius 2 is 1.47 bits per heavy atom. The number of carbonyl (C=O) groups is 1. The van der Waals surface area contributed by atoms with E-state index in [1.54, 1.807) is 24.3 Å². The van der Waals surface area contributed by atoms with Gasteiger partial charge in [0, 0.05) is 5.92 Å². The molecule has 0 amide bonds. The maximum absolute atomic E-state index is 12.9. The van der Waals surface area contributed by atoms with E-state index in [1.807, 2.05) is 37.3 Å². The average molecular weight is 399 g/mol. The highest BCUT2D eigenvalue weighted by Gasteiger charge is 2.60. The minimum Gasteiger partial charge on any atom is -0.455 e. The van der Waals surface area contributed by atoms with E-state index in [0.717, 1.165) is 22.3 Å². The Labute approximate surface area is 176 Å². The van der Waals surface area contributed by atoms with Gasteiger partial charge in [0.05, 0.1) is 17.1 Å². The third-order valence-electron chi connectivity index (χ3n) is 6.49. The fraction of sp³-hybridized carbons (Fsp3) is 0.231. The molecule has 30 heavy (non-hydrogen) atoms. The number of hydrogen-bond acceptors (Lipinski definition) is 4. The minimum absolute atomic E-state index is 0.194. The summed E-state index contributed by atoms with van der Waals surface area (Å²) >= 11 is 0. The molecule has 1 unspecified atom stereocenters. The largest absolute Gasteiger partial charge is 0.455 e. The van der Waals surface area contributed by atoms with Crippen LogP contribution in [0.5, 0.6) is 0 Å². The number of ether oxygens (including phenoxy) is 2. The lowest BCUT2D eigenvalue weighted by molar-refractivity contribution is -0.130. The lowest BCUT2D eigenvalue weighted by atomic mass is 9.68. The summed E-state index contributed by atoms with van der Waals surface area (Å²) in [6.45, 7) is 5.96. The van der Waals surface area contributed by atoms with Crippen molar-refractivity contribution in [2.45, 2.75) is 31.3 Å². The van der Waals surface area contributed by atoms with Gasteiger partial charge in [-0.05, 0) is 41.3 Å². The Kier molecular flexibility index (Phi) is 4.49. The van der Waals surface area contributed by atoms with Gasteiger partial charge in [0.25, 0.3) is 0 Å². The molecule has 1 saturated heterocycles. The fourth-order valence-electron chi connectivity index (χ4n) is 5.02. The molecule has 4 atom stereocenters. The van der Waals surface area contributed by atoms with E-state index >= 15 is 0 Å². The molecule has 5 rings (SSSR count). The number of fused-ring (bicyclic) bond motifs is 3. The molecule has 4 nitrogen and oxygen atoms in total. The predicted molar refractivity (Wildman–Crippen MR) is 114 cm³/mol. The van der Waals surface area contributed by atoms with Crippen LogP contribution in [0.4, 0.5) is 0 Å². The zero-order valence-corrected chi connectivity index (χ0v) is 16.7. The smallest absolute Gasteiger partial charge is 0.338 e. The van der Waals surface area contributed by atoms with Gasteiger partial charge in [0.1, 0.15) is 6.10 Å². The van der Waals surface area contributed by atoms with Gasteiger partial charge >= 0.3 is 5.97 Å². The van der Waals surface area contributed by atoms with E-state index in [2.05, 4.69) is 31.2 Å². The van der Waals surface area contributed by atoms with Crippen LogP contribution in [-0.2, 0) is 9.47 Å². The molecule has 0 bridgehead atoms. The predicted octanol–water partition coefficient (Wildman–Crippen LogP) is 4.58. The molecule has 3 aromatic carbocycles. The third-order valence-corrected chi connectivity index (χ3v) is 6.49. The molecule has 1 aliphatic heterocycles. The lowest BCUT2D eigenvalue weighted by Crippen LogP contribution is -2.45. The maximum atomic E-state index is 12.9. The summed E-state index contributed by atoms with van der Waals surface area (Å²) < 4.78 is 11.7. The summed E-state index contributed by atoms with van der Waals surface area (Å²) in [6.07, 6.45) is -2.53. The van der Waals surface area contributed by atoms with Gasteiger partial charge in [0.2, 0.25) is 0 Å². The Bertz CT molecular complexity index is 1050. The van der Waals surface area contributed by atoms with Crippen LogP contribution in [-0.4, -0.2) is 29.6 Å². The second-order valence-corrected chi connectivity index (χ2v) is 8.19. The number of rotatable bonds is 3. The molecule has 0 aromatic heterocycles. The van der Waals surface area contributed by atoms with Crippen molar-refractivity contribution >= 4 is 5.97 Å². The van der Waals surface area contributed by atoms with Gasteiger partial charge in [-0.1, -0.05) is 73.7 Å². The van der Waals surface area contributed by atoms with Crippen LogP contribution >= 0.6 is 0 Å². The SMILES string of the molecule is [CH2][C@H]1OC(O)[C@](C)(C2c3ccccc3-c3ccccc32)[C@H]1OC(=O)c1ccccc1. The van der Waals surface area contributed by atoms with Gasteiger partial charge in [-0.25, -0.2) is 4.79 Å². The summed E-state index contributed by atoms with van der Waals surface area (Å²) in [5.41, 5.74) is 4.01. The first-order valence-corrected chi connectivity index (χ1v) is 10.1. The van der Waals surface area contributed by atoms with Crippen molar-refractivity contribution in [2.24, 2.45) is 5.41 Å². The van der Waals surface area contributed by atoms with Crippen LogP contribution in [0.1, 0.15) is 34.3 Å². The van der Waals surface area contributed by atoms with E-state index in [9.17, 15) is 9.90 Å². The number of aliphatic hydroxyl groups excluding tert-OH is 1. The number of esters is 1. The molecule has 1 N–H and O–H groups in total. The molecule has 1 radical (unpaired) electrons. The van der Waals surface area contributed by atoms with Gasteiger partial charge in [0.15, 0.2) is 6.29 Å². The van der Waals surface area contributed by atoms with Crippen LogP contribution in [0, 0.1) is 12.3 Å². The van der Waals surface area contributed by atoms with Crippen LogP contribution in [0.3, 0.4) is 0 Å². The third kappa shape index (κ3) is 2.72. The summed E-state index contributed by atoms with van der Waals surface area (Å²) in [4.78, 5) is 12.9. The first kappa shape index (κ1) is 19.0. The van der Waals surface area contributed by atoms with Crippen molar-refractivity contribution in [1.29, 1.82) is 0 Å². The maximum Gasteiger partial charge on any atom is 0.338 e. The van der Waals surface area contributed by atoms with Crippen molar-refractivity contribution in [1.82, 2.24) is 0 Å². The van der Waals surface area contributed by atoms with E-state index in [-0.39, 0.29) is 5.92 Å². The normalized spacial score (nSPS) is 27.5. The zero-order chi connectivity index (χ0) is 20.9. The molecular formula is C26H23O4. The van der Waals surface area contributed by atoms with Gasteiger partial charge in [-0.2, -0.15) is 0 Å². The molecule has 1 fully saturated rings. The molecule has 4 heteroatoms. The monoisotopic (exact) mass is 399 g/mol. The minimum atomic E-state index is -1.13. The quantitative estimate of drug-likeness (QED) is 0.655. The van der Waals surface area contributed by atoms with Crippen molar-refractivity contribution in [2.75, 3.05) is 0 Å². The Morgan fingerprint density at radius 1 is 0.933 bits per heavy atom. The van der Waals surface area contributed by atoms with E-state index in [1.165, 1.54) is 0 Å². The van der Waals surface area contributed by atoms with Gasteiger partial charge in [-0.15, -0.1) is 0 Å². The Balaban J connectivity index is 1.60. The van der Waals surface area contributed by atoms with Crippen LogP contribution in [0.15, 0.2) is 78.9 Å². The molecule has 1 heterocycles. The number of aliphatic hydroxyl groups is 1. The van der Waals surface area contributed by atoms with Gasteiger partial charge < -0.3 is 14.6 Å². The fourth-order valence-corrected chi connectivity index (χ4v) is 5.02. The second-order valence-electron chi connectivity index (χ2n) is 8.19. The highest BCUT2D eigenvalue weighted by atomic mass is 16.6. The van der Waals surface area contributed by atoms with E-state index in [4.69, 9.17) is 9.47 Å². The topological polar surface area (TPSA) is 55.8 Å². The number of benzene rings is 3. The first-order valence-electron chi connectivity index (χ1n) is 10.1. The van der Waals surface area contributed by atoms with Crippen LogP contribution in [0.25, 0.3) is 11.1 Å². The Morgan fingerprint density at radius 3 is 2.07 bits per heavy atom. The van der Waals surface area contributed by atoms with Crippen molar-refractivity contribution in [3.05, 3.63) is 102 Å². The first-order chi connectivity index (χ1) is 14.5. The van der Waals surface area contributed by atoms with Crippen molar-refractivity contribution in [3.8, 4) is 11.1 Å². The highest BCUT2D eigenvalue weighted by molar-refractivity contribution is 5.89. The van der Waals surface area contributed by atoms with Crippen molar-refractivity contribution < 1.29 is 19.4 Å². The standard InChI is InChI=1S/C26H23O4/c1-16-23(30-24(27)17-10-4-3-5-11-17)26(2,25(28)29-16)22-20-14-8-6-12-18(20)19-13-7-9-15-21(19)22/h3-16,22-23,25,28H,1H2,2H3/t16-,23+,25?,26-/m1/s1. The summed E-state index contributed by atoms with van der Waals surface area (Å²) in [7, 11) is 0. The number of hydrogen-bond donors (Lipinski definition) is 1. The summed E-state index contributed by atoms with van der Waals surface area (Å²) in [6, 6.07) is 25.2. The zero-order valence-electron chi connectivity index (χ0n) is 16.7.